The molecule has 0 aromatic heterocycles. The smallest absolute Gasteiger partial charge is 0.225 e. The first-order valence-electron chi connectivity index (χ1n) is 6.52. The van der Waals surface area contributed by atoms with Crippen molar-refractivity contribution in [1.82, 2.24) is 5.32 Å². The van der Waals surface area contributed by atoms with E-state index in [1.807, 2.05) is 20.8 Å². The minimum Gasteiger partial charge on any atom is -0.386 e. The highest BCUT2D eigenvalue weighted by molar-refractivity contribution is 6.30. The van der Waals surface area contributed by atoms with Crippen molar-refractivity contribution >= 4 is 17.5 Å². The highest BCUT2D eigenvalue weighted by Crippen LogP contribution is 2.23. The molecule has 0 saturated heterocycles. The number of halogens is 1. The number of benzene rings is 1. The van der Waals surface area contributed by atoms with Crippen LogP contribution in [-0.2, 0) is 4.79 Å². The SMILES string of the molecule is CCC(C)(C)C(=O)NC(C)C(O)c1ccc(Cl)cc1. The molecule has 1 rings (SSSR count). The van der Waals surface area contributed by atoms with Crippen LogP contribution >= 0.6 is 11.6 Å². The van der Waals surface area contributed by atoms with Crippen molar-refractivity contribution in [3.63, 3.8) is 0 Å². The van der Waals surface area contributed by atoms with Crippen LogP contribution in [0.2, 0.25) is 5.02 Å². The van der Waals surface area contributed by atoms with Crippen molar-refractivity contribution < 1.29 is 9.90 Å². The van der Waals surface area contributed by atoms with E-state index >= 15 is 0 Å². The summed E-state index contributed by atoms with van der Waals surface area (Å²) in [5, 5.41) is 13.7. The topological polar surface area (TPSA) is 49.3 Å². The molecule has 1 aromatic carbocycles. The van der Waals surface area contributed by atoms with Crippen LogP contribution in [0.3, 0.4) is 0 Å². The number of carbonyl (C=O) groups excluding carboxylic acids is 1. The first-order valence-corrected chi connectivity index (χ1v) is 6.90. The normalized spacial score (nSPS) is 14.8. The van der Waals surface area contributed by atoms with Crippen molar-refractivity contribution in [2.45, 2.75) is 46.3 Å². The standard InChI is InChI=1S/C15H22ClNO2/c1-5-15(3,4)14(19)17-10(2)13(18)11-6-8-12(16)9-7-11/h6-10,13,18H,5H2,1-4H3,(H,17,19). The first kappa shape index (κ1) is 16.0. The maximum atomic E-state index is 12.1. The van der Waals surface area contributed by atoms with E-state index in [0.717, 1.165) is 12.0 Å². The van der Waals surface area contributed by atoms with Gasteiger partial charge in [-0.25, -0.2) is 0 Å². The lowest BCUT2D eigenvalue weighted by Gasteiger charge is -2.27. The number of hydrogen-bond acceptors (Lipinski definition) is 2. The van der Waals surface area contributed by atoms with Gasteiger partial charge in [0.25, 0.3) is 0 Å². The fourth-order valence-electron chi connectivity index (χ4n) is 1.59. The molecular weight excluding hydrogens is 262 g/mol. The maximum absolute atomic E-state index is 12.1. The van der Waals surface area contributed by atoms with Crippen molar-refractivity contribution in [2.24, 2.45) is 5.41 Å². The van der Waals surface area contributed by atoms with Crippen LogP contribution in [-0.4, -0.2) is 17.1 Å². The summed E-state index contributed by atoms with van der Waals surface area (Å²) in [4.78, 5) is 12.1. The summed E-state index contributed by atoms with van der Waals surface area (Å²) >= 11 is 5.81. The van der Waals surface area contributed by atoms with Gasteiger partial charge in [-0.2, -0.15) is 0 Å². The third-order valence-corrected chi connectivity index (χ3v) is 3.79. The zero-order valence-corrected chi connectivity index (χ0v) is 12.7. The number of aliphatic hydroxyl groups excluding tert-OH is 1. The van der Waals surface area contributed by atoms with Crippen LogP contribution < -0.4 is 5.32 Å². The lowest BCUT2D eigenvalue weighted by atomic mass is 9.88. The molecular formula is C15H22ClNO2. The average Bonchev–Trinajstić information content (AvgIpc) is 2.38. The predicted octanol–water partition coefficient (Wildman–Crippen LogP) is 3.31. The van der Waals surface area contributed by atoms with E-state index < -0.39 is 11.5 Å². The third-order valence-electron chi connectivity index (χ3n) is 3.54. The maximum Gasteiger partial charge on any atom is 0.225 e. The highest BCUT2D eigenvalue weighted by atomic mass is 35.5. The number of carbonyl (C=O) groups is 1. The summed E-state index contributed by atoms with van der Waals surface area (Å²) in [5.41, 5.74) is 0.319. The second kappa shape index (κ2) is 6.40. The van der Waals surface area contributed by atoms with E-state index in [2.05, 4.69) is 5.32 Å². The van der Waals surface area contributed by atoms with Crippen molar-refractivity contribution in [2.75, 3.05) is 0 Å². The van der Waals surface area contributed by atoms with Gasteiger partial charge in [0.1, 0.15) is 0 Å². The van der Waals surface area contributed by atoms with Gasteiger partial charge in [-0.05, 0) is 31.0 Å². The Kier molecular flexibility index (Phi) is 5.39. The van der Waals surface area contributed by atoms with Gasteiger partial charge in [0.05, 0.1) is 12.1 Å². The number of nitrogens with one attached hydrogen (secondary N) is 1. The Bertz CT molecular complexity index is 428. The Morgan fingerprint density at radius 1 is 1.37 bits per heavy atom. The molecule has 0 aliphatic carbocycles. The Morgan fingerprint density at radius 3 is 2.37 bits per heavy atom. The number of aliphatic hydroxyl groups is 1. The number of hydrogen-bond donors (Lipinski definition) is 2. The summed E-state index contributed by atoms with van der Waals surface area (Å²) in [6.07, 6.45) is 0.0108. The lowest BCUT2D eigenvalue weighted by molar-refractivity contribution is -0.131. The van der Waals surface area contributed by atoms with E-state index in [9.17, 15) is 9.90 Å². The van der Waals surface area contributed by atoms with Gasteiger partial charge in [-0.1, -0.05) is 44.5 Å². The fraction of sp³-hybridized carbons (Fsp3) is 0.533. The summed E-state index contributed by atoms with van der Waals surface area (Å²) in [6.45, 7) is 7.55. The van der Waals surface area contributed by atoms with Crippen LogP contribution in [0.5, 0.6) is 0 Å². The van der Waals surface area contributed by atoms with Gasteiger partial charge in [-0.15, -0.1) is 0 Å². The van der Waals surface area contributed by atoms with Crippen LogP contribution in [0.25, 0.3) is 0 Å². The molecule has 3 nitrogen and oxygen atoms in total. The van der Waals surface area contributed by atoms with Gasteiger partial charge in [0.15, 0.2) is 0 Å². The molecule has 2 N–H and O–H groups in total. The van der Waals surface area contributed by atoms with Crippen LogP contribution in [0.1, 0.15) is 45.8 Å². The minimum atomic E-state index is -0.742. The molecule has 0 aliphatic rings. The molecule has 19 heavy (non-hydrogen) atoms. The quantitative estimate of drug-likeness (QED) is 0.871. The van der Waals surface area contributed by atoms with E-state index in [1.165, 1.54) is 0 Å². The second-order valence-electron chi connectivity index (χ2n) is 5.50. The highest BCUT2D eigenvalue weighted by Gasteiger charge is 2.28. The zero-order valence-electron chi connectivity index (χ0n) is 11.9. The molecule has 0 bridgehead atoms. The van der Waals surface area contributed by atoms with Crippen molar-refractivity contribution in [1.29, 1.82) is 0 Å². The number of amides is 1. The molecule has 0 heterocycles. The van der Waals surface area contributed by atoms with Crippen molar-refractivity contribution in [3.05, 3.63) is 34.9 Å². The largest absolute Gasteiger partial charge is 0.386 e. The summed E-state index contributed by atoms with van der Waals surface area (Å²) in [7, 11) is 0. The average molecular weight is 284 g/mol. The van der Waals surface area contributed by atoms with Crippen molar-refractivity contribution in [3.8, 4) is 0 Å². The predicted molar refractivity (Wildman–Crippen MR) is 78.1 cm³/mol. The Hall–Kier alpha value is -1.06. The van der Waals surface area contributed by atoms with E-state index in [-0.39, 0.29) is 11.9 Å². The molecule has 2 atom stereocenters. The molecule has 106 valence electrons. The van der Waals surface area contributed by atoms with Gasteiger partial charge in [-0.3, -0.25) is 4.79 Å². The van der Waals surface area contributed by atoms with Crippen LogP contribution in [0.15, 0.2) is 24.3 Å². The molecule has 1 amide bonds. The Morgan fingerprint density at radius 2 is 1.89 bits per heavy atom. The van der Waals surface area contributed by atoms with Gasteiger partial charge >= 0.3 is 0 Å². The Labute approximate surface area is 120 Å². The van der Waals surface area contributed by atoms with Gasteiger partial charge < -0.3 is 10.4 Å². The lowest BCUT2D eigenvalue weighted by Crippen LogP contribution is -2.43. The molecule has 0 saturated carbocycles. The van der Waals surface area contributed by atoms with E-state index in [0.29, 0.717) is 5.02 Å². The Balaban J connectivity index is 2.70. The first-order chi connectivity index (χ1) is 8.77. The summed E-state index contributed by atoms with van der Waals surface area (Å²) in [5.74, 6) is -0.0458. The minimum absolute atomic E-state index is 0.0458. The summed E-state index contributed by atoms with van der Waals surface area (Å²) < 4.78 is 0. The zero-order chi connectivity index (χ0) is 14.6. The van der Waals surface area contributed by atoms with E-state index in [1.54, 1.807) is 31.2 Å². The number of rotatable bonds is 5. The molecule has 2 unspecified atom stereocenters. The molecule has 0 aliphatic heterocycles. The van der Waals surface area contributed by atoms with E-state index in [4.69, 9.17) is 11.6 Å². The summed E-state index contributed by atoms with van der Waals surface area (Å²) in [6, 6.07) is 6.63. The molecule has 4 heteroatoms. The third kappa shape index (κ3) is 4.22. The van der Waals surface area contributed by atoms with Gasteiger partial charge in [0.2, 0.25) is 5.91 Å². The van der Waals surface area contributed by atoms with Gasteiger partial charge in [0, 0.05) is 10.4 Å². The second-order valence-corrected chi connectivity index (χ2v) is 5.93. The molecule has 0 fully saturated rings. The molecule has 0 spiro atoms. The van der Waals surface area contributed by atoms with Crippen LogP contribution in [0, 0.1) is 5.41 Å². The molecule has 1 aromatic rings. The molecule has 0 radical (unpaired) electrons. The van der Waals surface area contributed by atoms with Crippen LogP contribution in [0.4, 0.5) is 0 Å². The monoisotopic (exact) mass is 283 g/mol. The fourth-order valence-corrected chi connectivity index (χ4v) is 1.72.